The number of carbonyl (C=O) groups is 1. The van der Waals surface area contributed by atoms with Gasteiger partial charge in [0, 0.05) is 6.92 Å². The molecule has 2 saturated heterocycles. The van der Waals surface area contributed by atoms with Gasteiger partial charge in [-0.3, -0.25) is 4.79 Å². The Bertz CT molecular complexity index is 733. The Morgan fingerprint density at radius 3 is 2.20 bits per heavy atom. The van der Waals surface area contributed by atoms with Crippen LogP contribution in [0, 0.1) is 0 Å². The van der Waals surface area contributed by atoms with Gasteiger partial charge in [-0.05, 0) is 0 Å². The van der Waals surface area contributed by atoms with Gasteiger partial charge in [0.25, 0.3) is 0 Å². The maximum Gasteiger partial charge on any atom is 0.217 e. The highest BCUT2D eigenvalue weighted by atomic mass is 16.6. The van der Waals surface area contributed by atoms with Crippen LogP contribution in [0.4, 0.5) is 0 Å². The first-order valence-electron chi connectivity index (χ1n) is 9.31. The molecule has 170 valence electrons. The Labute approximate surface area is 170 Å². The van der Waals surface area contributed by atoms with Crippen molar-refractivity contribution < 1.29 is 50.0 Å². The van der Waals surface area contributed by atoms with Gasteiger partial charge in [0.15, 0.2) is 6.23 Å². The molecule has 2 aliphatic heterocycles. The van der Waals surface area contributed by atoms with E-state index in [1.165, 1.54) is 13.1 Å². The van der Waals surface area contributed by atoms with Crippen molar-refractivity contribution in [3.8, 4) is 0 Å². The molecule has 2 aliphatic rings. The lowest BCUT2D eigenvalue weighted by Gasteiger charge is -2.42. The SMILES string of the molecule is CC(=O)N[C@H]1[C@@H](O)[C@H](O)[C@@H](CO)O[C@H]1n1cc([C@H]2O[C@H](CO)[C@@H](O)[C@H](O)[C@@H]2O)nn1. The van der Waals surface area contributed by atoms with Crippen LogP contribution in [0.25, 0.3) is 0 Å². The molecule has 1 aromatic heterocycles. The molecule has 8 N–H and O–H groups in total. The zero-order valence-electron chi connectivity index (χ0n) is 16.0. The molecule has 0 spiro atoms. The van der Waals surface area contributed by atoms with E-state index in [1.807, 2.05) is 0 Å². The normalized spacial score (nSPS) is 42.1. The molecule has 0 aromatic carbocycles. The Kier molecular flexibility index (Phi) is 7.01. The predicted molar refractivity (Wildman–Crippen MR) is 93.4 cm³/mol. The molecular weight excluding hydrogens is 408 g/mol. The van der Waals surface area contributed by atoms with Gasteiger partial charge in [0.1, 0.15) is 60.6 Å². The molecular formula is C16H26N4O10. The van der Waals surface area contributed by atoms with E-state index >= 15 is 0 Å². The number of nitrogens with zero attached hydrogens (tertiary/aromatic N) is 3. The van der Waals surface area contributed by atoms with Gasteiger partial charge in [0.05, 0.1) is 19.4 Å². The van der Waals surface area contributed by atoms with Gasteiger partial charge in [-0.15, -0.1) is 5.10 Å². The molecule has 14 nitrogen and oxygen atoms in total. The van der Waals surface area contributed by atoms with Crippen LogP contribution in [0.5, 0.6) is 0 Å². The van der Waals surface area contributed by atoms with Gasteiger partial charge in [-0.1, -0.05) is 5.21 Å². The monoisotopic (exact) mass is 434 g/mol. The van der Waals surface area contributed by atoms with Crippen molar-refractivity contribution in [3.05, 3.63) is 11.9 Å². The molecule has 3 rings (SSSR count). The van der Waals surface area contributed by atoms with Crippen LogP contribution in [-0.2, 0) is 14.3 Å². The van der Waals surface area contributed by atoms with E-state index in [4.69, 9.17) is 9.47 Å². The predicted octanol–water partition coefficient (Wildman–Crippen LogP) is -5.09. The first-order chi connectivity index (χ1) is 14.2. The smallest absolute Gasteiger partial charge is 0.217 e. The Morgan fingerprint density at radius 1 is 1.00 bits per heavy atom. The standard InChI is InChI=1S/C16H26N4O10/c1-5(23)17-9-12(26)10(24)8(4-22)30-16(9)20-2-6(18-19-20)15-14(28)13(27)11(25)7(3-21)29-15/h2,7-16,21-22,24-28H,3-4H2,1H3,(H,17,23)/t7-,8-,9+,10-,11-,12-,13+,14+,15-,16-/m1/s1. The minimum Gasteiger partial charge on any atom is -0.394 e. The van der Waals surface area contributed by atoms with Crippen LogP contribution >= 0.6 is 0 Å². The lowest BCUT2D eigenvalue weighted by molar-refractivity contribution is -0.232. The maximum absolute atomic E-state index is 11.5. The Hall–Kier alpha value is -1.75. The third-order valence-electron chi connectivity index (χ3n) is 5.24. The number of amides is 1. The summed E-state index contributed by atoms with van der Waals surface area (Å²) in [6, 6.07) is -1.15. The number of aromatic nitrogens is 3. The van der Waals surface area contributed by atoms with E-state index in [-0.39, 0.29) is 5.69 Å². The fourth-order valence-corrected chi connectivity index (χ4v) is 3.61. The highest BCUT2D eigenvalue weighted by Crippen LogP contribution is 2.33. The third-order valence-corrected chi connectivity index (χ3v) is 5.24. The van der Waals surface area contributed by atoms with Crippen LogP contribution in [0.2, 0.25) is 0 Å². The summed E-state index contributed by atoms with van der Waals surface area (Å²) < 4.78 is 12.1. The average Bonchev–Trinajstić information content (AvgIpc) is 3.19. The maximum atomic E-state index is 11.5. The molecule has 14 heteroatoms. The lowest BCUT2D eigenvalue weighted by atomic mass is 9.94. The van der Waals surface area contributed by atoms with E-state index in [2.05, 4.69) is 15.6 Å². The summed E-state index contributed by atoms with van der Waals surface area (Å²) in [5.74, 6) is -0.517. The van der Waals surface area contributed by atoms with E-state index in [1.54, 1.807) is 0 Å². The van der Waals surface area contributed by atoms with E-state index in [0.717, 1.165) is 4.68 Å². The summed E-state index contributed by atoms with van der Waals surface area (Å²) in [6.07, 6.45) is -11.2. The fourth-order valence-electron chi connectivity index (χ4n) is 3.61. The number of hydrogen-bond donors (Lipinski definition) is 8. The van der Waals surface area contributed by atoms with Gasteiger partial charge < -0.3 is 50.5 Å². The molecule has 0 unspecified atom stereocenters. The van der Waals surface area contributed by atoms with Crippen LogP contribution in [0.1, 0.15) is 24.9 Å². The van der Waals surface area contributed by atoms with Crippen LogP contribution in [0.3, 0.4) is 0 Å². The fraction of sp³-hybridized carbons (Fsp3) is 0.812. The van der Waals surface area contributed by atoms with Crippen molar-refractivity contribution in [2.24, 2.45) is 0 Å². The molecule has 10 atom stereocenters. The number of ether oxygens (including phenoxy) is 2. The molecule has 0 aliphatic carbocycles. The summed E-state index contributed by atoms with van der Waals surface area (Å²) in [4.78, 5) is 11.5. The first-order valence-corrected chi connectivity index (χ1v) is 9.31. The summed E-state index contributed by atoms with van der Waals surface area (Å²) in [5.41, 5.74) is 0.0123. The molecule has 0 bridgehead atoms. The molecule has 3 heterocycles. The number of carbonyl (C=O) groups excluding carboxylic acids is 1. The second kappa shape index (κ2) is 9.17. The topological polar surface area (TPSA) is 220 Å². The van der Waals surface area contributed by atoms with E-state index in [0.29, 0.717) is 0 Å². The molecule has 1 aromatic rings. The van der Waals surface area contributed by atoms with Gasteiger partial charge in [0.2, 0.25) is 5.91 Å². The summed E-state index contributed by atoms with van der Waals surface area (Å²) in [5, 5.41) is 79.4. The van der Waals surface area contributed by atoms with Crippen molar-refractivity contribution in [1.82, 2.24) is 20.3 Å². The highest BCUT2D eigenvalue weighted by Gasteiger charge is 2.48. The highest BCUT2D eigenvalue weighted by molar-refractivity contribution is 5.73. The lowest BCUT2D eigenvalue weighted by Crippen LogP contribution is -2.62. The van der Waals surface area contributed by atoms with E-state index in [9.17, 15) is 40.5 Å². The second-order valence-electron chi connectivity index (χ2n) is 7.33. The van der Waals surface area contributed by atoms with Gasteiger partial charge in [-0.25, -0.2) is 4.68 Å². The molecule has 2 fully saturated rings. The van der Waals surface area contributed by atoms with Crippen LogP contribution in [0.15, 0.2) is 6.20 Å². The third kappa shape index (κ3) is 4.18. The number of aliphatic hydroxyl groups excluding tert-OH is 7. The zero-order chi connectivity index (χ0) is 22.2. The van der Waals surface area contributed by atoms with Gasteiger partial charge in [-0.2, -0.15) is 0 Å². The van der Waals surface area contributed by atoms with Crippen LogP contribution < -0.4 is 5.32 Å². The summed E-state index contributed by atoms with van der Waals surface area (Å²) >= 11 is 0. The number of nitrogens with one attached hydrogen (secondary N) is 1. The Morgan fingerprint density at radius 2 is 1.60 bits per heavy atom. The minimum absolute atomic E-state index is 0.0123. The molecule has 1 amide bonds. The molecule has 30 heavy (non-hydrogen) atoms. The zero-order valence-corrected chi connectivity index (χ0v) is 16.0. The minimum atomic E-state index is -1.61. The van der Waals surface area contributed by atoms with Crippen molar-refractivity contribution in [2.75, 3.05) is 13.2 Å². The number of aliphatic hydroxyl groups is 7. The van der Waals surface area contributed by atoms with Crippen molar-refractivity contribution in [2.45, 2.75) is 68.0 Å². The van der Waals surface area contributed by atoms with Gasteiger partial charge >= 0.3 is 0 Å². The number of rotatable bonds is 5. The van der Waals surface area contributed by atoms with Crippen molar-refractivity contribution >= 4 is 5.91 Å². The Balaban J connectivity index is 1.88. The van der Waals surface area contributed by atoms with Crippen molar-refractivity contribution in [1.29, 1.82) is 0 Å². The average molecular weight is 434 g/mol. The molecule has 0 radical (unpaired) electrons. The molecule has 0 saturated carbocycles. The summed E-state index contributed by atoms with van der Waals surface area (Å²) in [6.45, 7) is -0.0288. The largest absolute Gasteiger partial charge is 0.394 e. The quantitative estimate of drug-likeness (QED) is 0.218. The van der Waals surface area contributed by atoms with E-state index < -0.39 is 80.2 Å². The number of hydrogen-bond acceptors (Lipinski definition) is 12. The second-order valence-corrected chi connectivity index (χ2v) is 7.33. The summed E-state index contributed by atoms with van der Waals surface area (Å²) in [7, 11) is 0. The van der Waals surface area contributed by atoms with Crippen LogP contribution in [-0.4, -0.2) is 119 Å². The first kappa shape index (κ1) is 22.9. The van der Waals surface area contributed by atoms with Crippen molar-refractivity contribution in [3.63, 3.8) is 0 Å².